The summed E-state index contributed by atoms with van der Waals surface area (Å²) in [5, 5.41) is 9.57. The van der Waals surface area contributed by atoms with Gasteiger partial charge in [-0.2, -0.15) is 17.0 Å². The number of carboxylic acids is 1. The van der Waals surface area contributed by atoms with Gasteiger partial charge in [-0.3, -0.25) is 4.79 Å². The Kier molecular flexibility index (Phi) is 5.24. The standard InChI is InChI=1S/C13H24N2O5S/c1-20-10-6-13(12(16)17)5-4-9-15(11-13)21(18,19)14-7-2-3-8-14/h2-11H2,1H3,(H,16,17). The van der Waals surface area contributed by atoms with Gasteiger partial charge in [-0.1, -0.05) is 0 Å². The van der Waals surface area contributed by atoms with Crippen molar-refractivity contribution in [1.82, 2.24) is 8.61 Å². The van der Waals surface area contributed by atoms with E-state index in [2.05, 4.69) is 0 Å². The number of nitrogens with zero attached hydrogens (tertiary/aromatic N) is 2. The molecule has 1 atom stereocenters. The molecule has 0 spiro atoms. The lowest BCUT2D eigenvalue weighted by atomic mass is 9.78. The molecule has 0 radical (unpaired) electrons. The highest BCUT2D eigenvalue weighted by molar-refractivity contribution is 7.86. The molecule has 21 heavy (non-hydrogen) atoms. The van der Waals surface area contributed by atoms with E-state index >= 15 is 0 Å². The van der Waals surface area contributed by atoms with Crippen molar-refractivity contribution in [2.45, 2.75) is 32.1 Å². The molecule has 122 valence electrons. The average Bonchev–Trinajstić information content (AvgIpc) is 3.00. The highest BCUT2D eigenvalue weighted by atomic mass is 32.2. The maximum atomic E-state index is 12.6. The van der Waals surface area contributed by atoms with Gasteiger partial charge in [0.25, 0.3) is 10.2 Å². The molecule has 0 amide bonds. The number of methoxy groups -OCH3 is 1. The lowest BCUT2D eigenvalue weighted by molar-refractivity contribution is -0.152. The number of ether oxygens (including phenoxy) is 1. The van der Waals surface area contributed by atoms with Crippen LogP contribution in [0.25, 0.3) is 0 Å². The van der Waals surface area contributed by atoms with Crippen molar-refractivity contribution < 1.29 is 23.1 Å². The van der Waals surface area contributed by atoms with Crippen molar-refractivity contribution in [1.29, 1.82) is 0 Å². The zero-order valence-electron chi connectivity index (χ0n) is 12.5. The van der Waals surface area contributed by atoms with E-state index in [1.54, 1.807) is 0 Å². The molecule has 2 fully saturated rings. The molecule has 2 rings (SSSR count). The third-order valence-corrected chi connectivity index (χ3v) is 6.48. The summed E-state index contributed by atoms with van der Waals surface area (Å²) in [6, 6.07) is 0. The van der Waals surface area contributed by atoms with Gasteiger partial charge in [0.1, 0.15) is 0 Å². The van der Waals surface area contributed by atoms with E-state index in [4.69, 9.17) is 4.74 Å². The minimum absolute atomic E-state index is 0.0462. The van der Waals surface area contributed by atoms with Crippen molar-refractivity contribution >= 4 is 16.2 Å². The second-order valence-electron chi connectivity index (χ2n) is 5.88. The van der Waals surface area contributed by atoms with Gasteiger partial charge in [-0.25, -0.2) is 0 Å². The highest BCUT2D eigenvalue weighted by Gasteiger charge is 2.46. The number of carboxylic acid groups (broad SMARTS) is 1. The summed E-state index contributed by atoms with van der Waals surface area (Å²) in [5.74, 6) is -0.930. The third-order valence-electron chi connectivity index (χ3n) is 4.50. The van der Waals surface area contributed by atoms with Crippen molar-refractivity contribution in [3.8, 4) is 0 Å². The second-order valence-corrected chi connectivity index (χ2v) is 7.81. The van der Waals surface area contributed by atoms with E-state index in [0.29, 0.717) is 45.5 Å². The Bertz CT molecular complexity index is 475. The normalized spacial score (nSPS) is 28.8. The Hall–Kier alpha value is -0.700. The zero-order chi connectivity index (χ0) is 15.5. The summed E-state index contributed by atoms with van der Waals surface area (Å²) in [7, 11) is -2.00. The molecule has 0 aromatic rings. The molecule has 2 aliphatic rings. The predicted molar refractivity (Wildman–Crippen MR) is 77.1 cm³/mol. The minimum Gasteiger partial charge on any atom is -0.481 e. The van der Waals surface area contributed by atoms with Crippen LogP contribution in [0, 0.1) is 5.41 Å². The number of aliphatic carboxylic acids is 1. The van der Waals surface area contributed by atoms with E-state index in [1.165, 1.54) is 15.7 Å². The molecule has 1 N–H and O–H groups in total. The van der Waals surface area contributed by atoms with E-state index in [-0.39, 0.29) is 6.54 Å². The van der Waals surface area contributed by atoms with Gasteiger partial charge in [0.05, 0.1) is 5.41 Å². The van der Waals surface area contributed by atoms with Crippen molar-refractivity contribution in [3.05, 3.63) is 0 Å². The van der Waals surface area contributed by atoms with Crippen LogP contribution in [0.3, 0.4) is 0 Å². The topological polar surface area (TPSA) is 87.1 Å². The van der Waals surface area contributed by atoms with Crippen LogP contribution >= 0.6 is 0 Å². The second kappa shape index (κ2) is 6.60. The van der Waals surface area contributed by atoms with Crippen molar-refractivity contribution in [2.24, 2.45) is 5.41 Å². The number of piperidine rings is 1. The SMILES string of the molecule is COCCC1(C(=O)O)CCCN(S(=O)(=O)N2CCCC2)C1. The predicted octanol–water partition coefficient (Wildman–Crippen LogP) is 0.530. The quantitative estimate of drug-likeness (QED) is 0.771. The molecule has 8 heteroatoms. The smallest absolute Gasteiger partial charge is 0.311 e. The van der Waals surface area contributed by atoms with Crippen LogP contribution in [0.5, 0.6) is 0 Å². The van der Waals surface area contributed by atoms with Crippen LogP contribution in [-0.2, 0) is 19.7 Å². The van der Waals surface area contributed by atoms with Gasteiger partial charge in [0.15, 0.2) is 0 Å². The number of hydrogen-bond acceptors (Lipinski definition) is 4. The van der Waals surface area contributed by atoms with E-state index < -0.39 is 21.6 Å². The monoisotopic (exact) mass is 320 g/mol. The Morgan fingerprint density at radius 2 is 1.81 bits per heavy atom. The Labute approximate surface area is 126 Å². The van der Waals surface area contributed by atoms with Crippen LogP contribution in [0.1, 0.15) is 32.1 Å². The van der Waals surface area contributed by atoms with Crippen LogP contribution < -0.4 is 0 Å². The van der Waals surface area contributed by atoms with Crippen LogP contribution in [-0.4, -0.2) is 68.0 Å². The van der Waals surface area contributed by atoms with Gasteiger partial charge >= 0.3 is 5.97 Å². The summed E-state index contributed by atoms with van der Waals surface area (Å²) >= 11 is 0. The largest absolute Gasteiger partial charge is 0.481 e. The van der Waals surface area contributed by atoms with E-state index in [9.17, 15) is 18.3 Å². The molecule has 2 aliphatic heterocycles. The van der Waals surface area contributed by atoms with Crippen LogP contribution in [0.2, 0.25) is 0 Å². The van der Waals surface area contributed by atoms with Gasteiger partial charge in [0, 0.05) is 39.9 Å². The first-order valence-electron chi connectivity index (χ1n) is 7.40. The third kappa shape index (κ3) is 3.39. The molecule has 0 aromatic heterocycles. The maximum absolute atomic E-state index is 12.6. The first-order chi connectivity index (χ1) is 9.92. The number of hydrogen-bond donors (Lipinski definition) is 1. The molecule has 7 nitrogen and oxygen atoms in total. The molecule has 0 aliphatic carbocycles. The molecular weight excluding hydrogens is 296 g/mol. The Morgan fingerprint density at radius 3 is 2.38 bits per heavy atom. The van der Waals surface area contributed by atoms with E-state index in [0.717, 1.165) is 12.8 Å². The van der Waals surface area contributed by atoms with Gasteiger partial charge in [0.2, 0.25) is 0 Å². The minimum atomic E-state index is -3.53. The molecule has 2 heterocycles. The molecule has 0 aromatic carbocycles. The van der Waals surface area contributed by atoms with Gasteiger partial charge in [-0.15, -0.1) is 0 Å². The van der Waals surface area contributed by atoms with Gasteiger partial charge in [-0.05, 0) is 32.1 Å². The molecule has 2 saturated heterocycles. The zero-order valence-corrected chi connectivity index (χ0v) is 13.3. The lowest BCUT2D eigenvalue weighted by Crippen LogP contribution is -2.53. The van der Waals surface area contributed by atoms with Gasteiger partial charge < -0.3 is 9.84 Å². The molecule has 0 bridgehead atoms. The number of carbonyl (C=O) groups is 1. The first kappa shape index (κ1) is 16.7. The highest BCUT2D eigenvalue weighted by Crippen LogP contribution is 2.36. The summed E-state index contributed by atoms with van der Waals surface area (Å²) in [4.78, 5) is 11.7. The van der Waals surface area contributed by atoms with Crippen molar-refractivity contribution in [3.63, 3.8) is 0 Å². The fraction of sp³-hybridized carbons (Fsp3) is 0.923. The Morgan fingerprint density at radius 1 is 1.19 bits per heavy atom. The summed E-state index contributed by atoms with van der Waals surface area (Å²) < 4.78 is 33.0. The fourth-order valence-corrected chi connectivity index (χ4v) is 4.97. The summed E-state index contributed by atoms with van der Waals surface area (Å²) in [6.45, 7) is 1.85. The van der Waals surface area contributed by atoms with Crippen LogP contribution in [0.4, 0.5) is 0 Å². The lowest BCUT2D eigenvalue weighted by Gasteiger charge is -2.40. The fourth-order valence-electron chi connectivity index (χ4n) is 3.15. The molecular formula is C13H24N2O5S. The number of rotatable bonds is 6. The first-order valence-corrected chi connectivity index (χ1v) is 8.80. The average molecular weight is 320 g/mol. The van der Waals surface area contributed by atoms with Crippen molar-refractivity contribution in [2.75, 3.05) is 39.9 Å². The Balaban J connectivity index is 2.16. The maximum Gasteiger partial charge on any atom is 0.311 e. The molecule has 1 unspecified atom stereocenters. The van der Waals surface area contributed by atoms with E-state index in [1.807, 2.05) is 0 Å². The summed E-state index contributed by atoms with van der Waals surface area (Å²) in [5.41, 5.74) is -1.03. The van der Waals surface area contributed by atoms with Crippen LogP contribution in [0.15, 0.2) is 0 Å². The summed E-state index contributed by atoms with van der Waals surface area (Å²) in [6.07, 6.45) is 3.16. The molecule has 0 saturated carbocycles.